The maximum absolute atomic E-state index is 13.1. The van der Waals surface area contributed by atoms with E-state index in [1.54, 1.807) is 0 Å². The number of hydrogen-bond acceptors (Lipinski definition) is 10. The first-order chi connectivity index (χ1) is 17.0. The molecule has 0 radical (unpaired) electrons. The highest BCUT2D eigenvalue weighted by Gasteiger charge is 2.67. The van der Waals surface area contributed by atoms with E-state index in [1.807, 2.05) is 0 Å². The largest absolute Gasteiger partial charge is 0.514 e. The number of ether oxygens (including phenoxy) is 3. The van der Waals surface area contributed by atoms with Gasteiger partial charge >= 0.3 is 21.3 Å². The van der Waals surface area contributed by atoms with E-state index in [2.05, 4.69) is 4.98 Å². The van der Waals surface area contributed by atoms with Crippen molar-refractivity contribution in [3.8, 4) is 11.5 Å². The third-order valence-corrected chi connectivity index (χ3v) is 10.6. The van der Waals surface area contributed by atoms with Gasteiger partial charge in [-0.2, -0.15) is 0 Å². The zero-order valence-corrected chi connectivity index (χ0v) is 21.2. The molecule has 0 amide bonds. The third kappa shape index (κ3) is 5.50. The van der Waals surface area contributed by atoms with Gasteiger partial charge in [0.25, 0.3) is 5.08 Å². The van der Waals surface area contributed by atoms with Crippen LogP contribution in [-0.4, -0.2) is 44.3 Å². The van der Waals surface area contributed by atoms with Crippen LogP contribution in [0.25, 0.3) is 0 Å². The summed E-state index contributed by atoms with van der Waals surface area (Å²) in [5, 5.41) is 7.74. The second-order valence-electron chi connectivity index (χ2n) is 8.53. The lowest BCUT2D eigenvalue weighted by atomic mass is 9.98. The molecule has 1 aromatic carbocycles. The number of pyridine rings is 1. The molecule has 12 nitrogen and oxygen atoms in total. The van der Waals surface area contributed by atoms with E-state index in [0.29, 0.717) is 12.8 Å². The maximum atomic E-state index is 13.1. The Hall–Kier alpha value is -2.30. The molecule has 1 aliphatic heterocycles. The van der Waals surface area contributed by atoms with Crippen molar-refractivity contribution in [3.63, 3.8) is 0 Å². The summed E-state index contributed by atoms with van der Waals surface area (Å²) in [6, 6.07) is 6.92. The average Bonchev–Trinajstić information content (AvgIpc) is 2.84. The summed E-state index contributed by atoms with van der Waals surface area (Å²) in [6.45, 7) is 0. The van der Waals surface area contributed by atoms with E-state index in [0.717, 1.165) is 19.3 Å². The normalized spacial score (nSPS) is 30.9. The number of nitrogens with zero attached hydrogens (tertiary/aromatic N) is 1. The molecule has 2 heterocycles. The molecule has 2 unspecified atom stereocenters. The molecule has 0 spiro atoms. The number of benzene rings is 1. The Morgan fingerprint density at radius 3 is 2.44 bits per heavy atom. The van der Waals surface area contributed by atoms with Crippen LogP contribution in [0.2, 0.25) is 0 Å². The first kappa shape index (κ1) is 26.8. The SMILES string of the molecule is COc1ccc(OC(=O)OC2CCCCC2)c(C2OP(=O)(O)C(O)(Cc3cccnc3)P(=O)(O)O2)c1. The van der Waals surface area contributed by atoms with Crippen LogP contribution in [0, 0.1) is 0 Å². The monoisotopic (exact) mass is 543 g/mol. The molecule has 14 heteroatoms. The highest BCUT2D eigenvalue weighted by Crippen LogP contribution is 2.79. The fourth-order valence-corrected chi connectivity index (χ4v) is 7.62. The lowest BCUT2D eigenvalue weighted by molar-refractivity contribution is -0.0591. The van der Waals surface area contributed by atoms with Gasteiger partial charge in [-0.25, -0.2) is 4.79 Å². The number of carbonyl (C=O) groups excluding carboxylic acids is 1. The molecule has 2 atom stereocenters. The van der Waals surface area contributed by atoms with E-state index >= 15 is 0 Å². The van der Waals surface area contributed by atoms with Crippen molar-refractivity contribution in [2.24, 2.45) is 0 Å². The van der Waals surface area contributed by atoms with Gasteiger partial charge in [-0.1, -0.05) is 12.5 Å². The van der Waals surface area contributed by atoms with Gasteiger partial charge in [0.2, 0.25) is 6.29 Å². The Labute approximate surface area is 207 Å². The van der Waals surface area contributed by atoms with E-state index in [1.165, 1.54) is 49.8 Å². The zero-order chi connectivity index (χ0) is 26.0. The van der Waals surface area contributed by atoms with Gasteiger partial charge in [0.05, 0.1) is 12.7 Å². The van der Waals surface area contributed by atoms with Crippen LogP contribution in [0.4, 0.5) is 4.79 Å². The van der Waals surface area contributed by atoms with Crippen LogP contribution in [0.1, 0.15) is 49.5 Å². The number of methoxy groups -OCH3 is 1. The topological polar surface area (TPSA) is 171 Å². The van der Waals surface area contributed by atoms with Crippen molar-refractivity contribution < 1.29 is 52.1 Å². The molecule has 2 aromatic rings. The molecular formula is C22H27NO11P2. The van der Waals surface area contributed by atoms with Crippen molar-refractivity contribution in [3.05, 3.63) is 53.9 Å². The van der Waals surface area contributed by atoms with Crippen molar-refractivity contribution in [2.45, 2.75) is 56.0 Å². The van der Waals surface area contributed by atoms with Gasteiger partial charge in [0.1, 0.15) is 17.6 Å². The first-order valence-corrected chi connectivity index (χ1v) is 14.4. The molecular weight excluding hydrogens is 516 g/mol. The third-order valence-electron chi connectivity index (χ3n) is 6.03. The molecule has 1 saturated carbocycles. The highest BCUT2D eigenvalue weighted by atomic mass is 31.2. The van der Waals surface area contributed by atoms with E-state index < -0.39 is 39.1 Å². The van der Waals surface area contributed by atoms with E-state index in [4.69, 9.17) is 23.3 Å². The Balaban J connectivity index is 1.61. The Morgan fingerprint density at radius 1 is 1.14 bits per heavy atom. The molecule has 196 valence electrons. The lowest BCUT2D eigenvalue weighted by Gasteiger charge is -2.41. The van der Waals surface area contributed by atoms with E-state index in [-0.39, 0.29) is 28.7 Å². The van der Waals surface area contributed by atoms with Crippen molar-refractivity contribution in [2.75, 3.05) is 7.11 Å². The molecule has 1 saturated heterocycles. The quantitative estimate of drug-likeness (QED) is 0.269. The van der Waals surface area contributed by atoms with Crippen molar-refractivity contribution >= 4 is 21.3 Å². The molecule has 36 heavy (non-hydrogen) atoms. The standard InChI is InChI=1S/C22H27NO11P2/c1-30-17-9-10-19(32-21(24)31-16-7-3-2-4-8-16)18(12-17)20-33-35(26,27)22(25,36(28,29)34-20)13-15-6-5-11-23-14-15/h5-6,9-12,14,16,20,25H,2-4,7-8,13H2,1H3,(H,26,27)(H,28,29). The van der Waals surface area contributed by atoms with Gasteiger partial charge in [0.15, 0.2) is 0 Å². The van der Waals surface area contributed by atoms with Gasteiger partial charge in [-0.05, 0) is 55.5 Å². The molecule has 1 aromatic heterocycles. The lowest BCUT2D eigenvalue weighted by Crippen LogP contribution is -2.38. The Kier molecular flexibility index (Phi) is 7.87. The minimum Gasteiger partial charge on any atom is -0.497 e. The number of aliphatic hydroxyl groups is 1. The fraction of sp³-hybridized carbons (Fsp3) is 0.455. The van der Waals surface area contributed by atoms with E-state index in [9.17, 15) is 28.8 Å². The molecule has 4 rings (SSSR count). The van der Waals surface area contributed by atoms with Gasteiger partial charge in [-0.3, -0.25) is 23.2 Å². The summed E-state index contributed by atoms with van der Waals surface area (Å²) in [5.74, 6) is 0.00115. The molecule has 3 N–H and O–H groups in total. The first-order valence-electron chi connectivity index (χ1n) is 11.2. The second kappa shape index (κ2) is 10.6. The smallest absolute Gasteiger partial charge is 0.497 e. The van der Waals surface area contributed by atoms with Crippen LogP contribution in [0.15, 0.2) is 42.7 Å². The van der Waals surface area contributed by atoms with Crippen molar-refractivity contribution in [1.82, 2.24) is 4.98 Å². The Bertz CT molecular complexity index is 1160. The summed E-state index contributed by atoms with van der Waals surface area (Å²) in [7, 11) is -9.15. The predicted molar refractivity (Wildman–Crippen MR) is 124 cm³/mol. The average molecular weight is 543 g/mol. The van der Waals surface area contributed by atoms with Crippen LogP contribution >= 0.6 is 15.2 Å². The van der Waals surface area contributed by atoms with Crippen LogP contribution < -0.4 is 9.47 Å². The van der Waals surface area contributed by atoms with Gasteiger partial charge in [-0.15, -0.1) is 0 Å². The predicted octanol–water partition coefficient (Wildman–Crippen LogP) is 4.24. The molecule has 1 aliphatic carbocycles. The Morgan fingerprint density at radius 2 is 1.83 bits per heavy atom. The molecule has 0 bridgehead atoms. The minimum atomic E-state index is -5.25. The maximum Gasteiger partial charge on any atom is 0.514 e. The van der Waals surface area contributed by atoms with Crippen molar-refractivity contribution in [1.29, 1.82) is 0 Å². The minimum absolute atomic E-state index is 0.193. The summed E-state index contributed by atoms with van der Waals surface area (Å²) in [6.07, 6.45) is 2.99. The zero-order valence-electron chi connectivity index (χ0n) is 19.4. The number of hydrogen-bond donors (Lipinski definition) is 3. The number of aromatic nitrogens is 1. The van der Waals surface area contributed by atoms with Crippen LogP contribution in [0.3, 0.4) is 0 Å². The molecule has 2 aliphatic rings. The van der Waals surface area contributed by atoms with Gasteiger partial charge < -0.3 is 29.1 Å². The summed E-state index contributed by atoms with van der Waals surface area (Å²) < 4.78 is 52.4. The van der Waals surface area contributed by atoms with Gasteiger partial charge in [0, 0.05) is 18.8 Å². The summed E-state index contributed by atoms with van der Waals surface area (Å²) in [5.41, 5.74) is 0.00647. The molecule has 2 fully saturated rings. The summed E-state index contributed by atoms with van der Waals surface area (Å²) in [4.78, 5) is 37.5. The fourth-order valence-electron chi connectivity index (χ4n) is 4.06. The van der Waals surface area contributed by atoms with Crippen LogP contribution in [-0.2, 0) is 29.3 Å². The number of rotatable bonds is 6. The van der Waals surface area contributed by atoms with Crippen LogP contribution in [0.5, 0.6) is 11.5 Å². The summed E-state index contributed by atoms with van der Waals surface area (Å²) >= 11 is 0. The second-order valence-corrected chi connectivity index (χ2v) is 12.9. The highest BCUT2D eigenvalue weighted by molar-refractivity contribution is 7.73. The number of carbonyl (C=O) groups is 1.